The van der Waals surface area contributed by atoms with Crippen molar-refractivity contribution in [1.82, 2.24) is 29.9 Å². The van der Waals surface area contributed by atoms with Crippen molar-refractivity contribution in [1.29, 1.82) is 5.26 Å². The van der Waals surface area contributed by atoms with Gasteiger partial charge >= 0.3 is 0 Å². The summed E-state index contributed by atoms with van der Waals surface area (Å²) in [5, 5.41) is 13.2. The van der Waals surface area contributed by atoms with Crippen LogP contribution in [0.25, 0.3) is 21.3 Å². The summed E-state index contributed by atoms with van der Waals surface area (Å²) in [7, 11) is 1.73. The number of nitrogens with two attached hydrogens (primary N) is 1. The number of thiazole rings is 1. The number of hydrogen-bond acceptors (Lipinski definition) is 10. The van der Waals surface area contributed by atoms with E-state index in [2.05, 4.69) is 31.0 Å². The first-order valence-corrected chi connectivity index (χ1v) is 12.1. The number of rotatable bonds is 6. The average molecular weight is 508 g/mol. The number of carbonyl (C=O) groups is 1. The van der Waals surface area contributed by atoms with Gasteiger partial charge in [0.1, 0.15) is 11.9 Å². The predicted molar refractivity (Wildman–Crippen MR) is 141 cm³/mol. The highest BCUT2D eigenvalue weighted by molar-refractivity contribution is 7.13. The Morgan fingerprint density at radius 3 is 2.65 bits per heavy atom. The topological polar surface area (TPSA) is 138 Å². The quantitative estimate of drug-likeness (QED) is 0.338. The molecule has 10 nitrogen and oxygen atoms in total. The van der Waals surface area contributed by atoms with Crippen LogP contribution in [-0.2, 0) is 6.54 Å². The number of nitrogen functional groups attached to an aromatic ring is 1. The lowest BCUT2D eigenvalue weighted by Crippen LogP contribution is -2.45. The molecule has 4 aromatic heterocycles. The van der Waals surface area contributed by atoms with Gasteiger partial charge in [0.25, 0.3) is 5.91 Å². The Hall–Kier alpha value is -4.95. The van der Waals surface area contributed by atoms with Crippen molar-refractivity contribution in [2.24, 2.45) is 0 Å². The lowest BCUT2D eigenvalue weighted by Gasteiger charge is -2.31. The van der Waals surface area contributed by atoms with Crippen LogP contribution >= 0.6 is 11.3 Å². The second kappa shape index (κ2) is 9.96. The Morgan fingerprint density at radius 1 is 1.11 bits per heavy atom. The van der Waals surface area contributed by atoms with E-state index >= 15 is 0 Å². The Morgan fingerprint density at radius 2 is 1.92 bits per heavy atom. The SMILES string of the molecule is Cc1cc2cc(C(=O)N(Cc3ccc(-c4scnc4C#N)cn3)N(C)c3ncccn3)ccc2nc1N. The molecule has 0 fully saturated rings. The van der Waals surface area contributed by atoms with E-state index in [1.54, 1.807) is 60.4 Å². The minimum absolute atomic E-state index is 0.165. The number of anilines is 2. The molecule has 0 spiro atoms. The molecule has 0 aliphatic rings. The van der Waals surface area contributed by atoms with Gasteiger partial charge in [-0.1, -0.05) is 6.07 Å². The zero-order chi connectivity index (χ0) is 25.9. The highest BCUT2D eigenvalue weighted by Gasteiger charge is 2.24. The molecular formula is C26H21N9OS. The van der Waals surface area contributed by atoms with Crippen LogP contribution in [0.5, 0.6) is 0 Å². The molecule has 11 heteroatoms. The number of carbonyl (C=O) groups excluding carboxylic acids is 1. The molecule has 0 unspecified atom stereocenters. The molecule has 0 saturated heterocycles. The van der Waals surface area contributed by atoms with Gasteiger partial charge in [-0.05, 0) is 48.9 Å². The maximum Gasteiger partial charge on any atom is 0.272 e. The van der Waals surface area contributed by atoms with Gasteiger partial charge < -0.3 is 5.73 Å². The standard InChI is InChI=1S/C26H21N9OS/c1-16-10-19-11-17(5-7-21(19)33-24(16)28)25(36)35(34(2)26-29-8-3-9-30-26)14-20-6-4-18(13-31-20)23-22(12-27)32-15-37-23/h3-11,13,15H,14H2,1-2H3,(H2,28,33). The summed E-state index contributed by atoms with van der Waals surface area (Å²) in [6.45, 7) is 2.04. The van der Waals surface area contributed by atoms with Gasteiger partial charge in [-0.15, -0.1) is 11.3 Å². The zero-order valence-electron chi connectivity index (χ0n) is 20.0. The molecule has 5 aromatic rings. The smallest absolute Gasteiger partial charge is 0.272 e. The summed E-state index contributed by atoms with van der Waals surface area (Å²) in [6.07, 6.45) is 4.91. The minimum atomic E-state index is -0.258. The number of benzene rings is 1. The molecular weight excluding hydrogens is 486 g/mol. The largest absolute Gasteiger partial charge is 0.383 e. The molecule has 1 amide bonds. The average Bonchev–Trinajstić information content (AvgIpc) is 3.41. The Bertz CT molecular complexity index is 1630. The molecule has 2 N–H and O–H groups in total. The molecule has 0 bridgehead atoms. The summed E-state index contributed by atoms with van der Waals surface area (Å²) in [4.78, 5) is 36.2. The number of aromatic nitrogens is 5. The van der Waals surface area contributed by atoms with E-state index in [1.165, 1.54) is 16.3 Å². The van der Waals surface area contributed by atoms with Crippen molar-refractivity contribution < 1.29 is 4.79 Å². The number of aryl methyl sites for hydroxylation is 1. The molecule has 1 aromatic carbocycles. The third-order valence-electron chi connectivity index (χ3n) is 5.80. The van der Waals surface area contributed by atoms with Crippen LogP contribution in [0.15, 0.2) is 66.6 Å². The van der Waals surface area contributed by atoms with Gasteiger partial charge in [-0.25, -0.2) is 24.9 Å². The van der Waals surface area contributed by atoms with E-state index in [9.17, 15) is 10.1 Å². The lowest BCUT2D eigenvalue weighted by atomic mass is 10.1. The van der Waals surface area contributed by atoms with Gasteiger partial charge in [0, 0.05) is 42.2 Å². The van der Waals surface area contributed by atoms with E-state index in [4.69, 9.17) is 5.73 Å². The Balaban J connectivity index is 1.49. The van der Waals surface area contributed by atoms with Gasteiger partial charge in [-0.3, -0.25) is 14.8 Å². The van der Waals surface area contributed by atoms with Crippen molar-refractivity contribution >= 4 is 39.9 Å². The normalized spacial score (nSPS) is 10.7. The fourth-order valence-electron chi connectivity index (χ4n) is 3.80. The number of pyridine rings is 2. The Labute approximate surface area is 216 Å². The second-order valence-electron chi connectivity index (χ2n) is 8.21. The second-order valence-corrected chi connectivity index (χ2v) is 9.07. The van der Waals surface area contributed by atoms with Crippen LogP contribution in [0, 0.1) is 18.3 Å². The zero-order valence-corrected chi connectivity index (χ0v) is 20.8. The van der Waals surface area contributed by atoms with E-state index in [-0.39, 0.29) is 12.5 Å². The van der Waals surface area contributed by atoms with E-state index in [1.807, 2.05) is 25.1 Å². The van der Waals surface area contributed by atoms with Crippen LogP contribution in [0.4, 0.5) is 11.8 Å². The van der Waals surface area contributed by atoms with Gasteiger partial charge in [-0.2, -0.15) is 5.26 Å². The van der Waals surface area contributed by atoms with Crippen LogP contribution in [0.2, 0.25) is 0 Å². The number of hydrogen-bond donors (Lipinski definition) is 1. The van der Waals surface area contributed by atoms with Crippen LogP contribution < -0.4 is 10.7 Å². The van der Waals surface area contributed by atoms with Crippen LogP contribution in [0.1, 0.15) is 27.3 Å². The third kappa shape index (κ3) is 4.78. The highest BCUT2D eigenvalue weighted by atomic mass is 32.1. The first-order valence-electron chi connectivity index (χ1n) is 11.2. The molecule has 182 valence electrons. The molecule has 0 aliphatic carbocycles. The number of fused-ring (bicyclic) bond motifs is 1. The van der Waals surface area contributed by atoms with E-state index in [0.29, 0.717) is 34.2 Å². The summed E-state index contributed by atoms with van der Waals surface area (Å²) in [5.74, 6) is 0.567. The fourth-order valence-corrected chi connectivity index (χ4v) is 4.53. The summed E-state index contributed by atoms with van der Waals surface area (Å²) in [6, 6.07) is 14.7. The van der Waals surface area contributed by atoms with Crippen molar-refractivity contribution in [3.63, 3.8) is 0 Å². The van der Waals surface area contributed by atoms with Crippen molar-refractivity contribution in [3.8, 4) is 16.5 Å². The molecule has 5 rings (SSSR count). The first kappa shape index (κ1) is 23.8. The molecule has 4 heterocycles. The summed E-state index contributed by atoms with van der Waals surface area (Å²) >= 11 is 1.38. The van der Waals surface area contributed by atoms with Crippen molar-refractivity contribution in [3.05, 3.63) is 89.1 Å². The molecule has 0 saturated carbocycles. The summed E-state index contributed by atoms with van der Waals surface area (Å²) < 4.78 is 0. The maximum absolute atomic E-state index is 13.8. The predicted octanol–water partition coefficient (Wildman–Crippen LogP) is 4.00. The molecule has 0 atom stereocenters. The number of nitriles is 1. The van der Waals surface area contributed by atoms with Crippen molar-refractivity contribution in [2.45, 2.75) is 13.5 Å². The van der Waals surface area contributed by atoms with Crippen LogP contribution in [0.3, 0.4) is 0 Å². The number of hydrazine groups is 1. The molecule has 37 heavy (non-hydrogen) atoms. The maximum atomic E-state index is 13.8. The van der Waals surface area contributed by atoms with Gasteiger partial charge in [0.05, 0.1) is 28.1 Å². The van der Waals surface area contributed by atoms with Crippen LogP contribution in [-0.4, -0.2) is 42.9 Å². The highest BCUT2D eigenvalue weighted by Crippen LogP contribution is 2.27. The van der Waals surface area contributed by atoms with E-state index in [0.717, 1.165) is 21.4 Å². The fraction of sp³-hybridized carbons (Fsp3) is 0.115. The van der Waals surface area contributed by atoms with E-state index < -0.39 is 0 Å². The third-order valence-corrected chi connectivity index (χ3v) is 6.68. The first-order chi connectivity index (χ1) is 17.9. The Kier molecular flexibility index (Phi) is 6.40. The van der Waals surface area contributed by atoms with Gasteiger partial charge in [0.2, 0.25) is 5.95 Å². The number of nitrogens with zero attached hydrogens (tertiary/aromatic N) is 8. The summed E-state index contributed by atoms with van der Waals surface area (Å²) in [5.41, 5.74) is 11.4. The minimum Gasteiger partial charge on any atom is -0.383 e. The number of amides is 1. The molecule has 0 aliphatic heterocycles. The monoisotopic (exact) mass is 507 g/mol. The van der Waals surface area contributed by atoms with Crippen molar-refractivity contribution in [2.75, 3.05) is 17.8 Å². The van der Waals surface area contributed by atoms with Gasteiger partial charge in [0.15, 0.2) is 5.69 Å². The lowest BCUT2D eigenvalue weighted by molar-refractivity contribution is 0.0727. The molecule has 0 radical (unpaired) electrons.